The van der Waals surface area contributed by atoms with Crippen LogP contribution in [0.5, 0.6) is 0 Å². The maximum absolute atomic E-state index is 11.1. The number of aryl methyl sites for hydroxylation is 7. The van der Waals surface area contributed by atoms with Crippen LogP contribution in [-0.2, 0) is 57.7 Å². The lowest BCUT2D eigenvalue weighted by atomic mass is 9.91. The third kappa shape index (κ3) is 9.55. The van der Waals surface area contributed by atoms with Crippen LogP contribution in [0.4, 0.5) is 11.8 Å². The van der Waals surface area contributed by atoms with Gasteiger partial charge in [0.2, 0.25) is 5.95 Å². The van der Waals surface area contributed by atoms with E-state index in [1.807, 2.05) is 70.5 Å². The summed E-state index contributed by atoms with van der Waals surface area (Å²) in [6.07, 6.45) is 10.3. The molecule has 0 atom stereocenters. The Kier molecular flexibility index (Phi) is 13.6. The van der Waals surface area contributed by atoms with Crippen molar-refractivity contribution in [3.05, 3.63) is 120 Å². The van der Waals surface area contributed by atoms with Crippen molar-refractivity contribution in [2.75, 3.05) is 5.32 Å². The molecular formula is C43H44ClI2N13O. The van der Waals surface area contributed by atoms with Gasteiger partial charge in [0.05, 0.1) is 45.0 Å². The smallest absolute Gasteiger partial charge is 0.228 e. The van der Waals surface area contributed by atoms with Crippen LogP contribution in [0.1, 0.15) is 48.5 Å². The fourth-order valence-electron chi connectivity index (χ4n) is 7.21. The summed E-state index contributed by atoms with van der Waals surface area (Å²) in [5.41, 5.74) is 17.2. The number of halogens is 3. The van der Waals surface area contributed by atoms with Crippen LogP contribution in [0.15, 0.2) is 84.8 Å². The average molecular weight is 1050 g/mol. The highest BCUT2D eigenvalue weighted by Gasteiger charge is 2.28. The Morgan fingerprint density at radius 1 is 0.800 bits per heavy atom. The minimum Gasteiger partial charge on any atom is -0.387 e. The topological polar surface area (TPSA) is 176 Å². The Bertz CT molecular complexity index is 2690. The van der Waals surface area contributed by atoms with Gasteiger partial charge in [0.1, 0.15) is 6.29 Å². The van der Waals surface area contributed by atoms with E-state index in [0.29, 0.717) is 29.4 Å². The molecule has 5 aromatic heterocycles. The number of allylic oxidation sites excluding steroid dienone is 1. The molecule has 0 aliphatic heterocycles. The summed E-state index contributed by atoms with van der Waals surface area (Å²) in [7, 11) is 3.92. The second-order valence-electron chi connectivity index (χ2n) is 14.2. The number of amidine groups is 1. The van der Waals surface area contributed by atoms with E-state index in [-0.39, 0.29) is 5.84 Å². The van der Waals surface area contributed by atoms with E-state index in [2.05, 4.69) is 126 Å². The van der Waals surface area contributed by atoms with Gasteiger partial charge in [-0.25, -0.2) is 9.97 Å². The number of nitrogens with two attached hydrogens (primary N) is 1. The van der Waals surface area contributed by atoms with Crippen molar-refractivity contribution in [1.82, 2.24) is 49.1 Å². The van der Waals surface area contributed by atoms with Crippen LogP contribution in [0.25, 0.3) is 38.8 Å². The van der Waals surface area contributed by atoms with Crippen LogP contribution in [-0.4, -0.2) is 61.2 Å². The van der Waals surface area contributed by atoms with Crippen LogP contribution in [0.2, 0.25) is 0 Å². The van der Waals surface area contributed by atoms with Crippen LogP contribution in [0, 0.1) is 12.5 Å². The highest BCUT2D eigenvalue weighted by Crippen LogP contribution is 2.41. The lowest BCUT2D eigenvalue weighted by Gasteiger charge is -2.16. The zero-order valence-corrected chi connectivity index (χ0v) is 38.7. The van der Waals surface area contributed by atoms with Crippen LogP contribution < -0.4 is 11.1 Å². The van der Waals surface area contributed by atoms with Gasteiger partial charge >= 0.3 is 0 Å². The lowest BCUT2D eigenvalue weighted by molar-refractivity contribution is -0.105. The number of nitrogens with one attached hydrogen (secondary N) is 2. The Balaban J connectivity index is 0.000000152. The Labute approximate surface area is 380 Å². The zero-order valence-electron chi connectivity index (χ0n) is 33.6. The molecule has 0 amide bonds. The number of benzene rings is 2. The summed E-state index contributed by atoms with van der Waals surface area (Å²) in [5.74, 6) is 1.45. The van der Waals surface area contributed by atoms with Crippen molar-refractivity contribution in [3.8, 4) is 33.8 Å². The first kappa shape index (κ1) is 42.9. The van der Waals surface area contributed by atoms with E-state index in [1.165, 1.54) is 7.14 Å². The summed E-state index contributed by atoms with van der Waals surface area (Å²) in [5, 5.41) is 28.8. The van der Waals surface area contributed by atoms with E-state index < -0.39 is 0 Å². The molecule has 0 bridgehead atoms. The average Bonchev–Trinajstić information content (AvgIpc) is 4.04. The minimum atomic E-state index is 0.159. The van der Waals surface area contributed by atoms with E-state index in [0.717, 1.165) is 106 Å². The number of rotatable bonds is 9. The molecule has 14 nitrogen and oxygen atoms in total. The fraction of sp³-hybridized carbons (Fsp3) is 0.256. The van der Waals surface area contributed by atoms with Gasteiger partial charge in [0.15, 0.2) is 5.82 Å². The first-order valence-corrected chi connectivity index (χ1v) is 22.0. The second-order valence-corrected chi connectivity index (χ2v) is 17.0. The zero-order chi connectivity index (χ0) is 42.5. The van der Waals surface area contributed by atoms with E-state index in [9.17, 15) is 4.79 Å². The first-order valence-electron chi connectivity index (χ1n) is 19.5. The molecule has 60 heavy (non-hydrogen) atoms. The Hall–Kier alpha value is -5.21. The third-order valence-electron chi connectivity index (χ3n) is 10.1. The van der Waals surface area contributed by atoms with Gasteiger partial charge in [-0.05, 0) is 121 Å². The molecule has 0 spiro atoms. The monoisotopic (exact) mass is 1050 g/mol. The van der Waals surface area contributed by atoms with Gasteiger partial charge in [-0.15, -0.1) is 0 Å². The van der Waals surface area contributed by atoms with Crippen LogP contribution >= 0.6 is 56.8 Å². The molecule has 0 fully saturated rings. The number of aldehydes is 1. The normalized spacial score (nSPS) is 12.7. The molecular weight excluding hydrogens is 1000 g/mol. The van der Waals surface area contributed by atoms with Crippen molar-refractivity contribution in [3.63, 3.8) is 0 Å². The van der Waals surface area contributed by atoms with Crippen molar-refractivity contribution in [1.29, 1.82) is 5.41 Å². The van der Waals surface area contributed by atoms with E-state index in [1.54, 1.807) is 0 Å². The van der Waals surface area contributed by atoms with Crippen LogP contribution in [0.3, 0.4) is 0 Å². The molecule has 2 aliphatic rings. The molecule has 2 aliphatic carbocycles. The predicted octanol–water partition coefficient (Wildman–Crippen LogP) is 8.38. The fourth-order valence-corrected chi connectivity index (χ4v) is 8.26. The van der Waals surface area contributed by atoms with Crippen molar-refractivity contribution in [2.45, 2.75) is 59.0 Å². The molecule has 308 valence electrons. The molecule has 5 heterocycles. The third-order valence-corrected chi connectivity index (χ3v) is 11.9. The summed E-state index contributed by atoms with van der Waals surface area (Å²) in [4.78, 5) is 20.5. The highest BCUT2D eigenvalue weighted by molar-refractivity contribution is 14.1. The van der Waals surface area contributed by atoms with Gasteiger partial charge < -0.3 is 11.1 Å². The largest absolute Gasteiger partial charge is 0.387 e. The standard InChI is InChI=1S/C21H20IN7.C15H12ClIN2O.C7H12N4/c1-3-29-11-10-17(27-29)24-21-23-12-14-6-9-16-18(19(14)25-21)20(28(2)26-16)13-4-7-15(22)8-5-13;1-19-15(9-2-5-11(17)6-3-9)13-12(18-19)7-4-10(8-20)14(13)16;1-2-11-4-3-6(10-11)5-7(8)9/h4-5,7-8,10-12H,3,6,9H2,1-2H3,(H,23,24,25,27);2-3,5-6,8H,4,7H2,1H3;3-4H,2,5H2,1H3,(H3,8,9). The molecule has 9 rings (SSSR count). The predicted molar refractivity (Wildman–Crippen MR) is 253 cm³/mol. The number of nitrogens with zero attached hydrogens (tertiary/aromatic N) is 10. The van der Waals surface area contributed by atoms with E-state index >= 15 is 0 Å². The Morgan fingerprint density at radius 3 is 1.93 bits per heavy atom. The maximum Gasteiger partial charge on any atom is 0.228 e. The summed E-state index contributed by atoms with van der Waals surface area (Å²) < 4.78 is 9.90. The highest BCUT2D eigenvalue weighted by atomic mass is 127. The first-order chi connectivity index (χ1) is 29.0. The number of aromatic nitrogens is 10. The molecule has 2 aromatic carbocycles. The number of anilines is 2. The van der Waals surface area contributed by atoms with E-state index in [4.69, 9.17) is 32.8 Å². The molecule has 7 aromatic rings. The molecule has 0 radical (unpaired) electrons. The summed E-state index contributed by atoms with van der Waals surface area (Å²) in [6.45, 7) is 5.76. The molecule has 0 saturated heterocycles. The molecule has 17 heteroatoms. The van der Waals surface area contributed by atoms with Crippen molar-refractivity contribution in [2.24, 2.45) is 19.8 Å². The second kappa shape index (κ2) is 19.0. The number of hydrogen-bond acceptors (Lipinski definition) is 9. The molecule has 4 N–H and O–H groups in total. The SMILES string of the molecule is CCn1ccc(CC(=N)N)n1.CCn1ccc(Nc2ncc3c(n2)-c2c(nn(C)c2-c2ccc(I)cc2)CC3)n1.Cn1nc2c(c1-c1ccc(I)cc1)C(Cl)=C(C=O)CC2. The maximum atomic E-state index is 11.1. The summed E-state index contributed by atoms with van der Waals surface area (Å²) in [6, 6.07) is 20.6. The number of carbonyl (C=O) groups excluding carboxylic acids is 1. The quantitative estimate of drug-likeness (QED) is 0.0555. The van der Waals surface area contributed by atoms with Gasteiger partial charge in [0, 0.05) is 93.2 Å². The van der Waals surface area contributed by atoms with Crippen molar-refractivity contribution >= 4 is 85.7 Å². The van der Waals surface area contributed by atoms with Crippen molar-refractivity contribution < 1.29 is 4.79 Å². The van der Waals surface area contributed by atoms with Gasteiger partial charge in [-0.1, -0.05) is 35.9 Å². The number of fused-ring (bicyclic) bond motifs is 4. The lowest BCUT2D eigenvalue weighted by Crippen LogP contribution is -2.13. The number of hydrogen-bond donors (Lipinski definition) is 3. The van der Waals surface area contributed by atoms with Gasteiger partial charge in [-0.3, -0.25) is 28.9 Å². The summed E-state index contributed by atoms with van der Waals surface area (Å²) >= 11 is 11.0. The van der Waals surface area contributed by atoms with Gasteiger partial charge in [0.25, 0.3) is 0 Å². The molecule has 0 saturated carbocycles. The molecule has 0 unspecified atom stereocenters. The number of carbonyl (C=O) groups is 1. The Morgan fingerprint density at radius 2 is 1.37 bits per heavy atom. The van der Waals surface area contributed by atoms with Gasteiger partial charge in [-0.2, -0.15) is 20.4 Å². The minimum absolute atomic E-state index is 0.159.